The Kier molecular flexibility index (Phi) is 8.11. The fourth-order valence-corrected chi connectivity index (χ4v) is 5.89. The molecule has 30 heavy (non-hydrogen) atoms. The number of aliphatic hydroxyl groups is 3. The molecule has 1 fully saturated rings. The van der Waals surface area contributed by atoms with Crippen molar-refractivity contribution >= 4 is 57.9 Å². The van der Waals surface area contributed by atoms with Crippen LogP contribution in [0.2, 0.25) is 0 Å². The topological polar surface area (TPSA) is 122 Å². The monoisotopic (exact) mass is 482 g/mol. The van der Waals surface area contributed by atoms with Crippen LogP contribution in [0.5, 0.6) is 0 Å². The third kappa shape index (κ3) is 5.71. The summed E-state index contributed by atoms with van der Waals surface area (Å²) in [4.78, 5) is 2.48. The summed E-state index contributed by atoms with van der Waals surface area (Å²) in [5, 5.41) is 30.5. The van der Waals surface area contributed by atoms with Crippen LogP contribution in [0.15, 0.2) is 58.3 Å². The van der Waals surface area contributed by atoms with Crippen molar-refractivity contribution in [2.75, 3.05) is 6.61 Å². The molecule has 4 atom stereocenters. The van der Waals surface area contributed by atoms with E-state index in [0.717, 1.165) is 20.9 Å². The molecule has 0 saturated carbocycles. The number of thioether (sulfide) groups is 2. The highest BCUT2D eigenvalue weighted by Gasteiger charge is 2.42. The lowest BCUT2D eigenvalue weighted by molar-refractivity contribution is -0.181. The summed E-state index contributed by atoms with van der Waals surface area (Å²) in [6.07, 6.45) is -4.34. The normalized spacial score (nSPS) is 24.0. The highest BCUT2D eigenvalue weighted by atomic mass is 32.2. The molecule has 0 unspecified atom stereocenters. The molecule has 0 spiro atoms. The van der Waals surface area contributed by atoms with E-state index < -0.39 is 24.4 Å². The van der Waals surface area contributed by atoms with Crippen molar-refractivity contribution < 1.29 is 20.1 Å². The van der Waals surface area contributed by atoms with Crippen LogP contribution < -0.4 is 11.5 Å². The van der Waals surface area contributed by atoms with Crippen molar-refractivity contribution in [1.29, 1.82) is 0 Å². The van der Waals surface area contributed by atoms with Crippen LogP contribution in [0.1, 0.15) is 11.1 Å². The van der Waals surface area contributed by atoms with Gasteiger partial charge in [0, 0.05) is 20.9 Å². The number of thiocarbonyl (C=S) groups is 2. The molecular weight excluding hydrogens is 460 g/mol. The lowest BCUT2D eigenvalue weighted by Gasteiger charge is -2.38. The van der Waals surface area contributed by atoms with E-state index in [1.165, 1.54) is 23.5 Å². The molecular formula is C20H22N2O4S4. The average molecular weight is 483 g/mol. The van der Waals surface area contributed by atoms with Gasteiger partial charge >= 0.3 is 0 Å². The van der Waals surface area contributed by atoms with E-state index in [-0.39, 0.29) is 11.2 Å². The van der Waals surface area contributed by atoms with Gasteiger partial charge in [0.25, 0.3) is 0 Å². The van der Waals surface area contributed by atoms with Crippen LogP contribution in [-0.4, -0.2) is 60.9 Å². The summed E-state index contributed by atoms with van der Waals surface area (Å²) in [6, 6.07) is 14.9. The molecule has 2 aromatic rings. The van der Waals surface area contributed by atoms with E-state index in [2.05, 4.69) is 0 Å². The minimum Gasteiger partial charge on any atom is -0.389 e. The fraction of sp³-hybridized carbons (Fsp3) is 0.300. The number of hydrogen-bond acceptors (Lipinski definition) is 8. The number of nitrogens with two attached hydrogens (primary N) is 2. The zero-order valence-electron chi connectivity index (χ0n) is 15.8. The molecule has 10 heteroatoms. The summed E-state index contributed by atoms with van der Waals surface area (Å²) < 4.78 is 5.41. The zero-order chi connectivity index (χ0) is 21.8. The third-order valence-corrected chi connectivity index (χ3v) is 7.73. The van der Waals surface area contributed by atoms with Crippen molar-refractivity contribution in [1.82, 2.24) is 0 Å². The quantitative estimate of drug-likeness (QED) is 0.226. The van der Waals surface area contributed by atoms with Gasteiger partial charge in [-0.1, -0.05) is 48.7 Å². The first-order chi connectivity index (χ1) is 14.3. The molecule has 0 aromatic heterocycles. The van der Waals surface area contributed by atoms with Crippen LogP contribution in [0.4, 0.5) is 0 Å². The molecule has 1 saturated heterocycles. The molecule has 0 amide bonds. The van der Waals surface area contributed by atoms with Gasteiger partial charge in [0.1, 0.15) is 34.4 Å². The van der Waals surface area contributed by atoms with E-state index in [4.69, 9.17) is 40.6 Å². The summed E-state index contributed by atoms with van der Waals surface area (Å²) in [5.41, 5.74) is 12.9. The summed E-state index contributed by atoms with van der Waals surface area (Å²) >= 11 is 12.9. The lowest BCUT2D eigenvalue weighted by Crippen LogP contribution is -2.55. The first kappa shape index (κ1) is 23.4. The number of ether oxygens (including phenoxy) is 1. The Bertz CT molecular complexity index is 835. The first-order valence-electron chi connectivity index (χ1n) is 9.05. The van der Waals surface area contributed by atoms with Gasteiger partial charge in [-0.15, -0.1) is 23.5 Å². The number of rotatable bonds is 7. The Labute approximate surface area is 194 Å². The Morgan fingerprint density at radius 1 is 0.833 bits per heavy atom. The van der Waals surface area contributed by atoms with E-state index in [1.54, 1.807) is 0 Å². The molecule has 3 rings (SSSR count). The average Bonchev–Trinajstić information content (AvgIpc) is 2.72. The number of aliphatic hydroxyl groups excluding tert-OH is 3. The van der Waals surface area contributed by atoms with Gasteiger partial charge in [-0.25, -0.2) is 0 Å². The van der Waals surface area contributed by atoms with E-state index in [1.807, 2.05) is 48.5 Å². The minimum absolute atomic E-state index is 0.0543. The van der Waals surface area contributed by atoms with Gasteiger partial charge in [-0.05, 0) is 24.3 Å². The van der Waals surface area contributed by atoms with Gasteiger partial charge in [-0.3, -0.25) is 0 Å². The Morgan fingerprint density at radius 3 is 1.67 bits per heavy atom. The standard InChI is InChI=1S/C20H22N2O4S4/c21-18(27)10-1-5-12(6-2-10)29-20(17-16(25)15(24)14(23)9-26-17)30-13-7-3-11(4-8-13)19(22)28/h1-8,14-17,20,23-25H,9H2,(H2,21,27)(H2,22,28)/t14-,15-,16+,17+/m1/s1. The van der Waals surface area contributed by atoms with Gasteiger partial charge in [0.2, 0.25) is 0 Å². The summed E-state index contributed by atoms with van der Waals surface area (Å²) in [5.74, 6) is 0. The maximum absolute atomic E-state index is 10.5. The van der Waals surface area contributed by atoms with Gasteiger partial charge in [0.15, 0.2) is 0 Å². The predicted molar refractivity (Wildman–Crippen MR) is 128 cm³/mol. The molecule has 160 valence electrons. The van der Waals surface area contributed by atoms with Crippen molar-refractivity contribution in [3.8, 4) is 0 Å². The van der Waals surface area contributed by atoms with E-state index in [9.17, 15) is 15.3 Å². The Hall–Kier alpha value is -1.24. The highest BCUT2D eigenvalue weighted by molar-refractivity contribution is 8.17. The molecule has 7 N–H and O–H groups in total. The van der Waals surface area contributed by atoms with Crippen LogP contribution in [0.3, 0.4) is 0 Å². The molecule has 0 radical (unpaired) electrons. The lowest BCUT2D eigenvalue weighted by atomic mass is 10.0. The van der Waals surface area contributed by atoms with Crippen molar-refractivity contribution in [3.05, 3.63) is 59.7 Å². The van der Waals surface area contributed by atoms with Crippen molar-refractivity contribution in [2.45, 2.75) is 38.8 Å². The molecule has 6 nitrogen and oxygen atoms in total. The molecule has 1 aliphatic rings. The summed E-state index contributed by atoms with van der Waals surface area (Å²) in [6.45, 7) is -0.0543. The molecule has 2 aromatic carbocycles. The second-order valence-electron chi connectivity index (χ2n) is 6.73. The van der Waals surface area contributed by atoms with Crippen LogP contribution in [0, 0.1) is 0 Å². The second-order valence-corrected chi connectivity index (χ2v) is 10.3. The van der Waals surface area contributed by atoms with Crippen LogP contribution in [-0.2, 0) is 4.74 Å². The zero-order valence-corrected chi connectivity index (χ0v) is 19.0. The maximum Gasteiger partial charge on any atom is 0.111 e. The second kappa shape index (κ2) is 10.4. The molecule has 0 aliphatic carbocycles. The molecule has 1 heterocycles. The number of benzene rings is 2. The van der Waals surface area contributed by atoms with Gasteiger partial charge in [-0.2, -0.15) is 0 Å². The van der Waals surface area contributed by atoms with Crippen molar-refractivity contribution in [2.24, 2.45) is 11.5 Å². The van der Waals surface area contributed by atoms with Gasteiger partial charge in [0.05, 0.1) is 11.2 Å². The van der Waals surface area contributed by atoms with Gasteiger partial charge < -0.3 is 31.5 Å². The molecule has 1 aliphatic heterocycles. The largest absolute Gasteiger partial charge is 0.389 e. The molecule has 0 bridgehead atoms. The van der Waals surface area contributed by atoms with Crippen LogP contribution >= 0.6 is 48.0 Å². The summed E-state index contributed by atoms with van der Waals surface area (Å²) in [7, 11) is 0. The fourth-order valence-electron chi connectivity index (χ4n) is 2.89. The SMILES string of the molecule is NC(=S)c1ccc(SC(Sc2ccc(C(N)=S)cc2)[C@H]2OC[C@@H](O)[C@@H](O)[C@@H]2O)cc1. The first-order valence-corrected chi connectivity index (χ1v) is 11.6. The Morgan fingerprint density at radius 2 is 1.27 bits per heavy atom. The van der Waals surface area contributed by atoms with Crippen molar-refractivity contribution in [3.63, 3.8) is 0 Å². The third-order valence-electron chi connectivity index (χ3n) is 4.59. The minimum atomic E-state index is -1.28. The number of hydrogen-bond donors (Lipinski definition) is 5. The smallest absolute Gasteiger partial charge is 0.111 e. The van der Waals surface area contributed by atoms with E-state index in [0.29, 0.717) is 9.98 Å². The highest BCUT2D eigenvalue weighted by Crippen LogP contribution is 2.41. The van der Waals surface area contributed by atoms with Crippen LogP contribution in [0.25, 0.3) is 0 Å². The predicted octanol–water partition coefficient (Wildman–Crippen LogP) is 1.65. The maximum atomic E-state index is 10.5. The Balaban J connectivity index is 1.84. The van der Waals surface area contributed by atoms with E-state index >= 15 is 0 Å².